The predicted octanol–water partition coefficient (Wildman–Crippen LogP) is 2.29. The van der Waals surface area contributed by atoms with Crippen LogP contribution in [0.3, 0.4) is 0 Å². The van der Waals surface area contributed by atoms with Gasteiger partial charge in [-0.05, 0) is 30.2 Å². The second kappa shape index (κ2) is 6.39. The van der Waals surface area contributed by atoms with E-state index in [4.69, 9.17) is 9.47 Å². The molecule has 0 spiro atoms. The zero-order chi connectivity index (χ0) is 13.8. The van der Waals surface area contributed by atoms with Gasteiger partial charge in [0.2, 0.25) is 0 Å². The first-order valence-electron chi connectivity index (χ1n) is 6.40. The van der Waals surface area contributed by atoms with Crippen LogP contribution in [-0.2, 0) is 16.0 Å². The number of esters is 1. The lowest BCUT2D eigenvalue weighted by molar-refractivity contribution is -0.142. The van der Waals surface area contributed by atoms with Gasteiger partial charge in [0.1, 0.15) is 17.9 Å². The van der Waals surface area contributed by atoms with Crippen molar-refractivity contribution in [2.24, 2.45) is 0 Å². The molecule has 1 aliphatic rings. The Morgan fingerprint density at radius 2 is 2.32 bits per heavy atom. The van der Waals surface area contributed by atoms with Crippen LogP contribution in [0.5, 0.6) is 5.75 Å². The van der Waals surface area contributed by atoms with Gasteiger partial charge < -0.3 is 14.8 Å². The second-order valence-corrected chi connectivity index (χ2v) is 5.48. The molecular formula is C14H18BrNO3. The van der Waals surface area contributed by atoms with Crippen molar-refractivity contribution in [1.82, 2.24) is 5.32 Å². The summed E-state index contributed by atoms with van der Waals surface area (Å²) in [7, 11) is 1.40. The first kappa shape index (κ1) is 14.3. The van der Waals surface area contributed by atoms with E-state index in [1.54, 1.807) is 0 Å². The fourth-order valence-corrected chi connectivity index (χ4v) is 2.64. The number of nitrogens with one attached hydrogen (secondary N) is 1. The summed E-state index contributed by atoms with van der Waals surface area (Å²) in [6, 6.07) is 5.74. The number of carbonyl (C=O) groups excluding carboxylic acids is 1. The maximum Gasteiger partial charge on any atom is 0.323 e. The molecule has 1 N–H and O–H groups in total. The van der Waals surface area contributed by atoms with Crippen LogP contribution in [0.4, 0.5) is 0 Å². The molecule has 0 saturated carbocycles. The van der Waals surface area contributed by atoms with Crippen LogP contribution in [0.25, 0.3) is 0 Å². The normalized spacial score (nSPS) is 22.3. The number of carbonyl (C=O) groups is 1. The van der Waals surface area contributed by atoms with Gasteiger partial charge in [-0.15, -0.1) is 0 Å². The van der Waals surface area contributed by atoms with Crippen molar-refractivity contribution in [1.29, 1.82) is 0 Å². The largest absolute Gasteiger partial charge is 0.489 e. The molecule has 0 radical (unpaired) electrons. The number of rotatable bonds is 4. The van der Waals surface area contributed by atoms with Crippen LogP contribution >= 0.6 is 15.9 Å². The van der Waals surface area contributed by atoms with E-state index in [0.29, 0.717) is 13.0 Å². The van der Waals surface area contributed by atoms with Crippen molar-refractivity contribution < 1.29 is 14.3 Å². The van der Waals surface area contributed by atoms with Gasteiger partial charge in [-0.1, -0.05) is 22.9 Å². The number of benzene rings is 1. The lowest BCUT2D eigenvalue weighted by Gasteiger charge is -2.16. The number of aryl methyl sites for hydroxylation is 1. The average molecular weight is 328 g/mol. The van der Waals surface area contributed by atoms with Crippen molar-refractivity contribution >= 4 is 21.9 Å². The standard InChI is InChI=1S/C14H18BrNO3/c1-3-9-6-10(15)4-5-13(9)19-11-7-12(16-8-11)14(17)18-2/h4-6,11-12,16H,3,7-8H2,1-2H3. The number of hydrogen-bond acceptors (Lipinski definition) is 4. The zero-order valence-corrected chi connectivity index (χ0v) is 12.7. The van der Waals surface area contributed by atoms with E-state index >= 15 is 0 Å². The van der Waals surface area contributed by atoms with Gasteiger partial charge in [-0.2, -0.15) is 0 Å². The molecule has 1 aromatic rings. The summed E-state index contributed by atoms with van der Waals surface area (Å²) in [6.45, 7) is 2.76. The van der Waals surface area contributed by atoms with E-state index in [1.165, 1.54) is 7.11 Å². The van der Waals surface area contributed by atoms with Gasteiger partial charge in [0.25, 0.3) is 0 Å². The summed E-state index contributed by atoms with van der Waals surface area (Å²) < 4.78 is 11.8. The Labute approximate surface area is 121 Å². The first-order valence-corrected chi connectivity index (χ1v) is 7.19. The highest BCUT2D eigenvalue weighted by Gasteiger charge is 2.31. The third-order valence-corrected chi connectivity index (χ3v) is 3.77. The van der Waals surface area contributed by atoms with E-state index in [1.807, 2.05) is 12.1 Å². The van der Waals surface area contributed by atoms with E-state index in [2.05, 4.69) is 34.2 Å². The Kier molecular flexibility index (Phi) is 4.82. The highest BCUT2D eigenvalue weighted by atomic mass is 79.9. The third-order valence-electron chi connectivity index (χ3n) is 3.27. The first-order chi connectivity index (χ1) is 9.13. The Bertz CT molecular complexity index is 464. The molecule has 5 heteroatoms. The molecule has 1 heterocycles. The summed E-state index contributed by atoms with van der Waals surface area (Å²) in [5, 5.41) is 3.12. The maximum absolute atomic E-state index is 11.4. The molecule has 1 aromatic carbocycles. The van der Waals surface area contributed by atoms with Crippen LogP contribution in [0.2, 0.25) is 0 Å². The van der Waals surface area contributed by atoms with E-state index in [-0.39, 0.29) is 18.1 Å². The Balaban J connectivity index is 2.01. The Morgan fingerprint density at radius 1 is 1.53 bits per heavy atom. The van der Waals surface area contributed by atoms with Crippen molar-refractivity contribution in [3.8, 4) is 5.75 Å². The Hall–Kier alpha value is -1.07. The highest BCUT2D eigenvalue weighted by Crippen LogP contribution is 2.26. The van der Waals surface area contributed by atoms with Crippen molar-refractivity contribution in [3.05, 3.63) is 28.2 Å². The van der Waals surface area contributed by atoms with Gasteiger partial charge in [0.15, 0.2) is 0 Å². The molecule has 2 unspecified atom stereocenters. The minimum atomic E-state index is -0.254. The van der Waals surface area contributed by atoms with Gasteiger partial charge in [0.05, 0.1) is 7.11 Å². The molecule has 19 heavy (non-hydrogen) atoms. The predicted molar refractivity (Wildman–Crippen MR) is 76.4 cm³/mol. The van der Waals surface area contributed by atoms with E-state index < -0.39 is 0 Å². The van der Waals surface area contributed by atoms with Gasteiger partial charge in [-0.3, -0.25) is 4.79 Å². The van der Waals surface area contributed by atoms with Gasteiger partial charge in [-0.25, -0.2) is 0 Å². The molecule has 4 nitrogen and oxygen atoms in total. The van der Waals surface area contributed by atoms with E-state index in [9.17, 15) is 4.79 Å². The number of methoxy groups -OCH3 is 1. The molecule has 1 fully saturated rings. The molecular weight excluding hydrogens is 310 g/mol. The van der Waals surface area contributed by atoms with Crippen LogP contribution < -0.4 is 10.1 Å². The smallest absolute Gasteiger partial charge is 0.323 e. The number of ether oxygens (including phenoxy) is 2. The van der Waals surface area contributed by atoms with Crippen LogP contribution in [-0.4, -0.2) is 31.8 Å². The van der Waals surface area contributed by atoms with Crippen LogP contribution in [0.1, 0.15) is 18.9 Å². The monoisotopic (exact) mass is 327 g/mol. The summed E-state index contributed by atoms with van der Waals surface area (Å²) in [5.41, 5.74) is 1.16. The van der Waals surface area contributed by atoms with Crippen LogP contribution in [0.15, 0.2) is 22.7 Å². The SMILES string of the molecule is CCc1cc(Br)ccc1OC1CNC(C(=O)OC)C1. The molecule has 0 aromatic heterocycles. The lowest BCUT2D eigenvalue weighted by atomic mass is 10.1. The maximum atomic E-state index is 11.4. The molecule has 0 bridgehead atoms. The molecule has 1 aliphatic heterocycles. The summed E-state index contributed by atoms with van der Waals surface area (Å²) in [5.74, 6) is 0.667. The van der Waals surface area contributed by atoms with Gasteiger partial charge >= 0.3 is 5.97 Å². The molecule has 0 amide bonds. The van der Waals surface area contributed by atoms with Gasteiger partial charge in [0, 0.05) is 17.4 Å². The number of hydrogen-bond donors (Lipinski definition) is 1. The fraction of sp³-hybridized carbons (Fsp3) is 0.500. The number of halogens is 1. The minimum absolute atomic E-state index is 0.00979. The molecule has 2 rings (SSSR count). The third kappa shape index (κ3) is 3.48. The highest BCUT2D eigenvalue weighted by molar-refractivity contribution is 9.10. The van der Waals surface area contributed by atoms with Crippen molar-refractivity contribution in [2.45, 2.75) is 31.9 Å². The minimum Gasteiger partial charge on any atom is -0.489 e. The average Bonchev–Trinajstić information content (AvgIpc) is 2.88. The van der Waals surface area contributed by atoms with E-state index in [0.717, 1.165) is 22.2 Å². The molecule has 0 aliphatic carbocycles. The van der Waals surface area contributed by atoms with Crippen molar-refractivity contribution in [2.75, 3.05) is 13.7 Å². The summed E-state index contributed by atoms with van der Waals surface area (Å²) in [4.78, 5) is 11.4. The quantitative estimate of drug-likeness (QED) is 0.862. The Morgan fingerprint density at radius 3 is 3.00 bits per heavy atom. The topological polar surface area (TPSA) is 47.6 Å². The molecule has 104 valence electrons. The fourth-order valence-electron chi connectivity index (χ4n) is 2.23. The lowest BCUT2D eigenvalue weighted by Crippen LogP contribution is -2.31. The van der Waals surface area contributed by atoms with Crippen molar-refractivity contribution in [3.63, 3.8) is 0 Å². The molecule has 2 atom stereocenters. The zero-order valence-electron chi connectivity index (χ0n) is 11.1. The van der Waals surface area contributed by atoms with Crippen LogP contribution in [0, 0.1) is 0 Å². The summed E-state index contributed by atoms with van der Waals surface area (Å²) >= 11 is 3.46. The second-order valence-electron chi connectivity index (χ2n) is 4.57. The summed E-state index contributed by atoms with van der Waals surface area (Å²) in [6.07, 6.45) is 1.57. The molecule has 1 saturated heterocycles.